The van der Waals surface area contributed by atoms with Crippen LogP contribution in [0.2, 0.25) is 0 Å². The molecule has 4 nitrogen and oxygen atoms in total. The van der Waals surface area contributed by atoms with Crippen molar-refractivity contribution >= 4 is 21.9 Å². The molecule has 0 amide bonds. The molecule has 2 rings (SSSR count). The second-order valence-corrected chi connectivity index (χ2v) is 3.72. The summed E-state index contributed by atoms with van der Waals surface area (Å²) in [5, 5.41) is 13.0. The van der Waals surface area contributed by atoms with Crippen molar-refractivity contribution in [3.8, 4) is 5.69 Å². The van der Waals surface area contributed by atoms with Crippen LogP contribution in [0.3, 0.4) is 0 Å². The summed E-state index contributed by atoms with van der Waals surface area (Å²) in [5.41, 5.74) is 0.855. The number of hydrogen-bond acceptors (Lipinski definition) is 2. The van der Waals surface area contributed by atoms with Gasteiger partial charge in [0.15, 0.2) is 5.69 Å². The van der Waals surface area contributed by atoms with Crippen molar-refractivity contribution in [2.75, 3.05) is 0 Å². The van der Waals surface area contributed by atoms with E-state index >= 15 is 0 Å². The van der Waals surface area contributed by atoms with Gasteiger partial charge in [0.05, 0.1) is 5.69 Å². The van der Waals surface area contributed by atoms with Crippen molar-refractivity contribution in [1.29, 1.82) is 0 Å². The predicted octanol–water partition coefficient (Wildman–Crippen LogP) is 2.33. The van der Waals surface area contributed by atoms with Gasteiger partial charge in [0, 0.05) is 6.07 Å². The number of nitrogens with zero attached hydrogens (tertiary/aromatic N) is 2. The molecule has 2 aromatic rings. The standard InChI is InChI=1S/C10H7BrN2O2/c11-9-6-8(10(14)15)13(12-9)7-4-2-1-3-5-7/h1-6H,(H,14,15). The summed E-state index contributed by atoms with van der Waals surface area (Å²) in [6.45, 7) is 0. The Bertz CT molecular complexity index is 493. The third-order valence-electron chi connectivity index (χ3n) is 1.90. The molecule has 0 atom stereocenters. The van der Waals surface area contributed by atoms with Crippen LogP contribution in [-0.4, -0.2) is 20.9 Å². The first-order chi connectivity index (χ1) is 7.18. The van der Waals surface area contributed by atoms with Crippen molar-refractivity contribution in [1.82, 2.24) is 9.78 Å². The lowest BCUT2D eigenvalue weighted by molar-refractivity contribution is 0.0687. The number of aromatic nitrogens is 2. The van der Waals surface area contributed by atoms with Crippen molar-refractivity contribution < 1.29 is 9.90 Å². The fourth-order valence-electron chi connectivity index (χ4n) is 1.27. The van der Waals surface area contributed by atoms with Crippen LogP contribution >= 0.6 is 15.9 Å². The molecule has 0 aliphatic heterocycles. The minimum Gasteiger partial charge on any atom is -0.477 e. The molecule has 0 fully saturated rings. The van der Waals surface area contributed by atoms with E-state index in [-0.39, 0.29) is 5.69 Å². The highest BCUT2D eigenvalue weighted by Crippen LogP contribution is 2.15. The van der Waals surface area contributed by atoms with Crippen LogP contribution in [0.15, 0.2) is 41.0 Å². The monoisotopic (exact) mass is 266 g/mol. The van der Waals surface area contributed by atoms with Crippen LogP contribution in [0.1, 0.15) is 10.5 Å². The molecule has 1 heterocycles. The van der Waals surface area contributed by atoms with E-state index in [0.717, 1.165) is 5.69 Å². The van der Waals surface area contributed by atoms with E-state index in [1.165, 1.54) is 10.7 Å². The second-order valence-electron chi connectivity index (χ2n) is 2.90. The number of rotatable bonds is 2. The zero-order valence-electron chi connectivity index (χ0n) is 7.59. The average molecular weight is 267 g/mol. The third kappa shape index (κ3) is 1.92. The van der Waals surface area contributed by atoms with Gasteiger partial charge in [0.25, 0.3) is 0 Å². The number of hydrogen-bond donors (Lipinski definition) is 1. The van der Waals surface area contributed by atoms with Crippen LogP contribution in [-0.2, 0) is 0 Å². The van der Waals surface area contributed by atoms with Crippen LogP contribution in [0, 0.1) is 0 Å². The van der Waals surface area contributed by atoms with Crippen LogP contribution in [0.25, 0.3) is 5.69 Å². The SMILES string of the molecule is O=C(O)c1cc(Br)nn1-c1ccccc1. The summed E-state index contributed by atoms with van der Waals surface area (Å²) in [6, 6.07) is 10.6. The van der Waals surface area contributed by atoms with Gasteiger partial charge in [-0.05, 0) is 28.1 Å². The normalized spacial score (nSPS) is 10.2. The van der Waals surface area contributed by atoms with E-state index in [1.807, 2.05) is 18.2 Å². The second kappa shape index (κ2) is 3.86. The zero-order valence-corrected chi connectivity index (χ0v) is 9.18. The molecule has 0 radical (unpaired) electrons. The first-order valence-corrected chi connectivity index (χ1v) is 5.02. The Morgan fingerprint density at radius 1 is 1.33 bits per heavy atom. The molecule has 0 aliphatic carbocycles. The van der Waals surface area contributed by atoms with E-state index in [4.69, 9.17) is 5.11 Å². The van der Waals surface area contributed by atoms with E-state index in [2.05, 4.69) is 21.0 Å². The van der Waals surface area contributed by atoms with Gasteiger partial charge >= 0.3 is 5.97 Å². The number of benzene rings is 1. The summed E-state index contributed by atoms with van der Waals surface area (Å²) < 4.78 is 1.88. The first kappa shape index (κ1) is 9.92. The van der Waals surface area contributed by atoms with Crippen molar-refractivity contribution in [3.63, 3.8) is 0 Å². The Hall–Kier alpha value is -1.62. The van der Waals surface area contributed by atoms with Crippen LogP contribution < -0.4 is 0 Å². The smallest absolute Gasteiger partial charge is 0.354 e. The molecule has 0 aliphatic rings. The summed E-state index contributed by atoms with van der Waals surface area (Å²) in [6.07, 6.45) is 0. The number of para-hydroxylation sites is 1. The molecular formula is C10H7BrN2O2. The maximum atomic E-state index is 10.9. The van der Waals surface area contributed by atoms with Gasteiger partial charge in [-0.3, -0.25) is 0 Å². The molecule has 1 aromatic carbocycles. The van der Waals surface area contributed by atoms with Gasteiger partial charge in [0.1, 0.15) is 4.60 Å². The largest absolute Gasteiger partial charge is 0.477 e. The summed E-state index contributed by atoms with van der Waals surface area (Å²) in [4.78, 5) is 10.9. The van der Waals surface area contributed by atoms with Gasteiger partial charge in [-0.1, -0.05) is 18.2 Å². The van der Waals surface area contributed by atoms with Crippen molar-refractivity contribution in [2.45, 2.75) is 0 Å². The highest BCUT2D eigenvalue weighted by molar-refractivity contribution is 9.10. The van der Waals surface area contributed by atoms with Gasteiger partial charge < -0.3 is 5.11 Å². The summed E-state index contributed by atoms with van der Waals surface area (Å²) in [5.74, 6) is -1.00. The minimum atomic E-state index is -1.00. The number of aromatic carboxylic acids is 1. The summed E-state index contributed by atoms with van der Waals surface area (Å²) in [7, 11) is 0. The predicted molar refractivity (Wildman–Crippen MR) is 58.2 cm³/mol. The Kier molecular flexibility index (Phi) is 2.55. The Labute approximate surface area is 94.3 Å². The molecular weight excluding hydrogens is 260 g/mol. The molecule has 15 heavy (non-hydrogen) atoms. The van der Waals surface area contributed by atoms with Crippen molar-refractivity contribution in [2.24, 2.45) is 0 Å². The molecule has 0 bridgehead atoms. The Balaban J connectivity index is 2.58. The van der Waals surface area contributed by atoms with Crippen LogP contribution in [0.4, 0.5) is 0 Å². The number of carbonyl (C=O) groups is 1. The highest BCUT2D eigenvalue weighted by Gasteiger charge is 2.13. The number of carboxylic acids is 1. The topological polar surface area (TPSA) is 55.1 Å². The molecule has 1 aromatic heterocycles. The molecule has 76 valence electrons. The maximum Gasteiger partial charge on any atom is 0.354 e. The Morgan fingerprint density at radius 3 is 2.60 bits per heavy atom. The average Bonchev–Trinajstić information content (AvgIpc) is 2.62. The molecule has 5 heteroatoms. The highest BCUT2D eigenvalue weighted by atomic mass is 79.9. The molecule has 1 N–H and O–H groups in total. The molecule has 0 unspecified atom stereocenters. The number of halogens is 1. The van der Waals surface area contributed by atoms with Crippen molar-refractivity contribution in [3.05, 3.63) is 46.7 Å². The Morgan fingerprint density at radius 2 is 2.00 bits per heavy atom. The van der Waals surface area contributed by atoms with E-state index in [1.54, 1.807) is 12.1 Å². The third-order valence-corrected chi connectivity index (χ3v) is 2.29. The minimum absolute atomic E-state index is 0.132. The van der Waals surface area contributed by atoms with Gasteiger partial charge in [-0.15, -0.1) is 0 Å². The molecule has 0 saturated carbocycles. The molecule has 0 saturated heterocycles. The lowest BCUT2D eigenvalue weighted by atomic mass is 10.3. The van der Waals surface area contributed by atoms with Crippen LogP contribution in [0.5, 0.6) is 0 Å². The fourth-order valence-corrected chi connectivity index (χ4v) is 1.65. The summed E-state index contributed by atoms with van der Waals surface area (Å²) >= 11 is 3.15. The van der Waals surface area contributed by atoms with E-state index in [0.29, 0.717) is 4.60 Å². The molecule has 0 spiro atoms. The van der Waals surface area contributed by atoms with E-state index in [9.17, 15) is 4.79 Å². The maximum absolute atomic E-state index is 10.9. The lowest BCUT2D eigenvalue weighted by Gasteiger charge is -2.02. The van der Waals surface area contributed by atoms with E-state index < -0.39 is 5.97 Å². The quantitative estimate of drug-likeness (QED) is 0.908. The lowest BCUT2D eigenvalue weighted by Crippen LogP contribution is -2.07. The van der Waals surface area contributed by atoms with Gasteiger partial charge in [0.2, 0.25) is 0 Å². The number of carboxylic acid groups (broad SMARTS) is 1. The van der Waals surface area contributed by atoms with Gasteiger partial charge in [-0.2, -0.15) is 5.10 Å². The fraction of sp³-hybridized carbons (Fsp3) is 0. The van der Waals surface area contributed by atoms with Gasteiger partial charge in [-0.25, -0.2) is 9.48 Å². The first-order valence-electron chi connectivity index (χ1n) is 4.23. The zero-order chi connectivity index (χ0) is 10.8.